The van der Waals surface area contributed by atoms with Gasteiger partial charge in [0.1, 0.15) is 0 Å². The van der Waals surface area contributed by atoms with Crippen LogP contribution in [0.15, 0.2) is 0 Å². The Hall–Kier alpha value is -0.180. The van der Waals surface area contributed by atoms with E-state index in [1.54, 1.807) is 0 Å². The molecule has 0 aromatic carbocycles. The highest BCUT2D eigenvalue weighted by Crippen LogP contribution is 2.25. The molecule has 0 saturated heterocycles. The van der Waals surface area contributed by atoms with Crippen LogP contribution in [0.4, 0.5) is 4.79 Å². The molecule has 78 valence electrons. The molecule has 0 aliphatic carbocycles. The van der Waals surface area contributed by atoms with Gasteiger partial charge in [0, 0.05) is 0 Å². The molecule has 2 nitrogen and oxygen atoms in total. The Bertz CT molecular complexity index is 161. The average molecular weight is 204 g/mol. The lowest BCUT2D eigenvalue weighted by Crippen LogP contribution is -2.13. The molecule has 0 N–H and O–H groups in total. The highest BCUT2D eigenvalue weighted by atomic mass is 32.1. The predicted molar refractivity (Wildman–Crippen MR) is 58.2 cm³/mol. The predicted octanol–water partition coefficient (Wildman–Crippen LogP) is 3.52. The number of carbonyl (C=O) groups is 1. The molecule has 3 heteroatoms. The molecule has 1 unspecified atom stereocenters. The maximum absolute atomic E-state index is 10.4. The fourth-order valence-electron chi connectivity index (χ4n) is 1.49. The minimum atomic E-state index is -0.483. The van der Waals surface area contributed by atoms with Gasteiger partial charge < -0.3 is 4.74 Å². The molecule has 0 spiro atoms. The molecule has 0 aromatic rings. The van der Waals surface area contributed by atoms with E-state index in [9.17, 15) is 4.79 Å². The number of thiol groups is 1. The van der Waals surface area contributed by atoms with Crippen LogP contribution in [-0.4, -0.2) is 11.9 Å². The van der Waals surface area contributed by atoms with Crippen molar-refractivity contribution in [3.8, 4) is 0 Å². The fourth-order valence-corrected chi connectivity index (χ4v) is 1.59. The standard InChI is InChI=1S/C10H20O2S/c1-8(7-10(2,3)4)5-6-12-9(11)13/h8H,5-7H2,1-4H3,(H,11,13). The van der Waals surface area contributed by atoms with Crippen molar-refractivity contribution in [2.75, 3.05) is 6.61 Å². The molecule has 0 fully saturated rings. The van der Waals surface area contributed by atoms with Crippen LogP contribution in [0.5, 0.6) is 0 Å². The van der Waals surface area contributed by atoms with E-state index in [0.29, 0.717) is 17.9 Å². The van der Waals surface area contributed by atoms with Crippen LogP contribution in [0.3, 0.4) is 0 Å². The summed E-state index contributed by atoms with van der Waals surface area (Å²) in [5.74, 6) is 0.590. The molecular formula is C10H20O2S. The molecule has 0 aliphatic heterocycles. The van der Waals surface area contributed by atoms with Gasteiger partial charge in [0.15, 0.2) is 0 Å². The van der Waals surface area contributed by atoms with Gasteiger partial charge in [-0.15, -0.1) is 0 Å². The summed E-state index contributed by atoms with van der Waals surface area (Å²) < 4.78 is 4.75. The van der Waals surface area contributed by atoms with Gasteiger partial charge in [-0.3, -0.25) is 0 Å². The third-order valence-electron chi connectivity index (χ3n) is 1.80. The van der Waals surface area contributed by atoms with Crippen LogP contribution in [-0.2, 0) is 4.74 Å². The van der Waals surface area contributed by atoms with Crippen molar-refractivity contribution in [1.29, 1.82) is 0 Å². The number of ether oxygens (including phenoxy) is 1. The highest BCUT2D eigenvalue weighted by Gasteiger charge is 2.15. The zero-order valence-electron chi connectivity index (χ0n) is 8.96. The van der Waals surface area contributed by atoms with Crippen LogP contribution >= 0.6 is 12.6 Å². The molecule has 0 radical (unpaired) electrons. The Morgan fingerprint density at radius 3 is 2.38 bits per heavy atom. The SMILES string of the molecule is CC(CCOC(=O)S)CC(C)(C)C. The van der Waals surface area contributed by atoms with Gasteiger partial charge in [0.25, 0.3) is 0 Å². The quantitative estimate of drug-likeness (QED) is 0.560. The summed E-state index contributed by atoms with van der Waals surface area (Å²) in [4.78, 5) is 10.4. The van der Waals surface area contributed by atoms with Gasteiger partial charge >= 0.3 is 5.30 Å². The first-order valence-electron chi connectivity index (χ1n) is 4.67. The minimum Gasteiger partial charge on any atom is -0.458 e. The topological polar surface area (TPSA) is 26.3 Å². The first-order valence-corrected chi connectivity index (χ1v) is 5.12. The van der Waals surface area contributed by atoms with Crippen LogP contribution in [0, 0.1) is 11.3 Å². The van der Waals surface area contributed by atoms with E-state index in [2.05, 4.69) is 40.3 Å². The number of hydrogen-bond acceptors (Lipinski definition) is 2. The van der Waals surface area contributed by atoms with E-state index in [4.69, 9.17) is 4.74 Å². The molecule has 0 saturated carbocycles. The lowest BCUT2D eigenvalue weighted by atomic mass is 9.84. The van der Waals surface area contributed by atoms with Gasteiger partial charge in [-0.25, -0.2) is 4.79 Å². The van der Waals surface area contributed by atoms with E-state index >= 15 is 0 Å². The second-order valence-corrected chi connectivity index (χ2v) is 5.14. The third kappa shape index (κ3) is 9.74. The second kappa shape index (κ2) is 5.53. The van der Waals surface area contributed by atoms with E-state index < -0.39 is 5.30 Å². The van der Waals surface area contributed by atoms with Crippen LogP contribution < -0.4 is 0 Å². The number of carbonyl (C=O) groups excluding carboxylic acids is 1. The number of rotatable bonds is 4. The maximum Gasteiger partial charge on any atom is 0.364 e. The van der Waals surface area contributed by atoms with Crippen molar-refractivity contribution in [2.24, 2.45) is 11.3 Å². The molecule has 0 aromatic heterocycles. The van der Waals surface area contributed by atoms with Gasteiger partial charge in [0.05, 0.1) is 6.61 Å². The summed E-state index contributed by atoms with van der Waals surface area (Å²) in [7, 11) is 0. The molecule has 0 aliphatic rings. The van der Waals surface area contributed by atoms with E-state index in [0.717, 1.165) is 12.8 Å². The first-order chi connectivity index (χ1) is 5.81. The lowest BCUT2D eigenvalue weighted by molar-refractivity contribution is 0.162. The number of hydrogen-bond donors (Lipinski definition) is 1. The van der Waals surface area contributed by atoms with Gasteiger partial charge in [-0.1, -0.05) is 40.3 Å². The normalized spacial score (nSPS) is 13.9. The zero-order chi connectivity index (χ0) is 10.5. The molecule has 0 heterocycles. The van der Waals surface area contributed by atoms with Crippen molar-refractivity contribution < 1.29 is 9.53 Å². The highest BCUT2D eigenvalue weighted by molar-refractivity contribution is 7.96. The second-order valence-electron chi connectivity index (χ2n) is 4.77. The Labute approximate surface area is 86.5 Å². The van der Waals surface area contributed by atoms with Crippen molar-refractivity contribution in [1.82, 2.24) is 0 Å². The smallest absolute Gasteiger partial charge is 0.364 e. The Morgan fingerprint density at radius 2 is 2.00 bits per heavy atom. The molecule has 0 amide bonds. The van der Waals surface area contributed by atoms with Crippen molar-refractivity contribution in [3.63, 3.8) is 0 Å². The first kappa shape index (κ1) is 12.8. The van der Waals surface area contributed by atoms with Crippen molar-refractivity contribution >= 4 is 17.9 Å². The third-order valence-corrected chi connectivity index (χ3v) is 1.93. The Morgan fingerprint density at radius 1 is 1.46 bits per heavy atom. The van der Waals surface area contributed by atoms with Gasteiger partial charge in [0.2, 0.25) is 0 Å². The minimum absolute atomic E-state index is 0.352. The van der Waals surface area contributed by atoms with E-state index in [1.807, 2.05) is 0 Å². The van der Waals surface area contributed by atoms with E-state index in [1.165, 1.54) is 0 Å². The summed E-state index contributed by atoms with van der Waals surface area (Å²) in [5, 5.41) is -0.483. The van der Waals surface area contributed by atoms with E-state index in [-0.39, 0.29) is 0 Å². The van der Waals surface area contributed by atoms with Crippen LogP contribution in [0.2, 0.25) is 0 Å². The monoisotopic (exact) mass is 204 g/mol. The average Bonchev–Trinajstić information content (AvgIpc) is 1.81. The van der Waals surface area contributed by atoms with Crippen molar-refractivity contribution in [2.45, 2.75) is 40.5 Å². The molecule has 0 bridgehead atoms. The summed E-state index contributed by atoms with van der Waals surface area (Å²) >= 11 is 3.53. The zero-order valence-corrected chi connectivity index (χ0v) is 9.86. The summed E-state index contributed by atoms with van der Waals surface area (Å²) in [6.45, 7) is 9.31. The van der Waals surface area contributed by atoms with Gasteiger partial charge in [-0.2, -0.15) is 0 Å². The summed E-state index contributed by atoms with van der Waals surface area (Å²) in [6.07, 6.45) is 2.07. The van der Waals surface area contributed by atoms with Crippen LogP contribution in [0.25, 0.3) is 0 Å². The maximum atomic E-state index is 10.4. The lowest BCUT2D eigenvalue weighted by Gasteiger charge is -2.22. The largest absolute Gasteiger partial charge is 0.458 e. The van der Waals surface area contributed by atoms with Gasteiger partial charge in [-0.05, 0) is 24.2 Å². The van der Waals surface area contributed by atoms with Crippen molar-refractivity contribution in [3.05, 3.63) is 0 Å². The summed E-state index contributed by atoms with van der Waals surface area (Å²) in [5.41, 5.74) is 0.352. The molecular weight excluding hydrogens is 184 g/mol. The molecule has 0 rings (SSSR count). The Kier molecular flexibility index (Phi) is 5.45. The molecule has 13 heavy (non-hydrogen) atoms. The molecule has 1 atom stereocenters. The Balaban J connectivity index is 3.52. The summed E-state index contributed by atoms with van der Waals surface area (Å²) in [6, 6.07) is 0. The van der Waals surface area contributed by atoms with Crippen LogP contribution in [0.1, 0.15) is 40.5 Å². The fraction of sp³-hybridized carbons (Fsp3) is 0.900.